The van der Waals surface area contributed by atoms with Crippen molar-refractivity contribution in [2.24, 2.45) is 0 Å². The molecule has 1 aliphatic heterocycles. The highest BCUT2D eigenvalue weighted by Crippen LogP contribution is 2.37. The van der Waals surface area contributed by atoms with E-state index in [1.54, 1.807) is 13.0 Å². The van der Waals surface area contributed by atoms with Crippen LogP contribution in [-0.2, 0) is 4.79 Å². The summed E-state index contributed by atoms with van der Waals surface area (Å²) in [5.41, 5.74) is 1.87. The summed E-state index contributed by atoms with van der Waals surface area (Å²) in [6.45, 7) is 4.21. The monoisotopic (exact) mass is 235 g/mol. The van der Waals surface area contributed by atoms with Crippen LogP contribution in [0, 0.1) is 17.0 Å². The van der Waals surface area contributed by atoms with Gasteiger partial charge in [-0.25, -0.2) is 0 Å². The van der Waals surface area contributed by atoms with Crippen LogP contribution in [0.25, 0.3) is 0 Å². The number of nitro groups is 1. The van der Waals surface area contributed by atoms with Gasteiger partial charge in [0, 0.05) is 11.6 Å². The molecule has 6 heteroatoms. The molecule has 1 aromatic rings. The first-order chi connectivity index (χ1) is 8.06. The van der Waals surface area contributed by atoms with Gasteiger partial charge in [-0.2, -0.15) is 0 Å². The van der Waals surface area contributed by atoms with E-state index in [-0.39, 0.29) is 11.6 Å². The predicted molar refractivity (Wildman–Crippen MR) is 62.9 cm³/mol. The third-order valence-corrected chi connectivity index (χ3v) is 2.89. The lowest BCUT2D eigenvalue weighted by Gasteiger charge is -2.09. The second-order valence-corrected chi connectivity index (χ2v) is 3.91. The van der Waals surface area contributed by atoms with E-state index >= 15 is 0 Å². The number of fused-ring (bicyclic) bond motifs is 1. The Labute approximate surface area is 98.2 Å². The Balaban J connectivity index is 2.50. The van der Waals surface area contributed by atoms with Crippen LogP contribution < -0.4 is 10.6 Å². The van der Waals surface area contributed by atoms with E-state index in [1.807, 2.05) is 6.92 Å². The van der Waals surface area contributed by atoms with Gasteiger partial charge in [0.1, 0.15) is 6.04 Å². The molecule has 1 amide bonds. The van der Waals surface area contributed by atoms with E-state index in [1.165, 1.54) is 6.07 Å². The van der Waals surface area contributed by atoms with Gasteiger partial charge in [-0.15, -0.1) is 0 Å². The zero-order valence-corrected chi connectivity index (χ0v) is 9.61. The first-order valence-electron chi connectivity index (χ1n) is 5.38. The molecule has 2 rings (SSSR count). The Hall–Kier alpha value is -1.95. The number of carbonyl (C=O) groups is 1. The van der Waals surface area contributed by atoms with Crippen LogP contribution in [0.1, 0.15) is 24.1 Å². The van der Waals surface area contributed by atoms with E-state index in [9.17, 15) is 14.9 Å². The number of nitro benzene ring substituents is 1. The normalized spacial score (nSPS) is 17.8. The molecule has 1 atom stereocenters. The summed E-state index contributed by atoms with van der Waals surface area (Å²) in [5.74, 6) is -0.162. The molecule has 0 radical (unpaired) electrons. The molecule has 1 unspecified atom stereocenters. The number of carbonyl (C=O) groups excluding carboxylic acids is 1. The largest absolute Gasteiger partial charge is 0.324 e. The molecular weight excluding hydrogens is 222 g/mol. The minimum Gasteiger partial charge on any atom is -0.324 e. The zero-order valence-electron chi connectivity index (χ0n) is 9.61. The van der Waals surface area contributed by atoms with Gasteiger partial charge in [-0.05, 0) is 19.5 Å². The van der Waals surface area contributed by atoms with Crippen LogP contribution in [0.2, 0.25) is 0 Å². The van der Waals surface area contributed by atoms with Gasteiger partial charge in [0.05, 0.1) is 16.2 Å². The fourth-order valence-electron chi connectivity index (χ4n) is 2.07. The minimum absolute atomic E-state index is 0.0289. The number of amides is 1. The van der Waals surface area contributed by atoms with E-state index in [0.717, 1.165) is 5.56 Å². The zero-order chi connectivity index (χ0) is 12.6. The Morgan fingerprint density at radius 3 is 2.82 bits per heavy atom. The lowest BCUT2D eigenvalue weighted by molar-refractivity contribution is -0.385. The number of rotatable bonds is 3. The summed E-state index contributed by atoms with van der Waals surface area (Å²) in [4.78, 5) is 22.1. The Morgan fingerprint density at radius 2 is 2.24 bits per heavy atom. The third kappa shape index (κ3) is 1.76. The number of nitrogens with zero attached hydrogens (tertiary/aromatic N) is 1. The van der Waals surface area contributed by atoms with E-state index < -0.39 is 11.0 Å². The highest BCUT2D eigenvalue weighted by Gasteiger charge is 2.33. The quantitative estimate of drug-likeness (QED) is 0.614. The number of nitrogens with one attached hydrogen (secondary N) is 2. The van der Waals surface area contributed by atoms with Crippen LogP contribution in [0.15, 0.2) is 12.1 Å². The number of hydrogen-bond donors (Lipinski definition) is 2. The summed E-state index contributed by atoms with van der Waals surface area (Å²) in [6, 6.07) is 2.67. The number of likely N-dealkylation sites (N-methyl/N-ethyl adjacent to an activating group) is 1. The van der Waals surface area contributed by atoms with Crippen molar-refractivity contribution in [1.82, 2.24) is 5.32 Å². The summed E-state index contributed by atoms with van der Waals surface area (Å²) in [7, 11) is 0. The van der Waals surface area contributed by atoms with Crippen LogP contribution in [0.3, 0.4) is 0 Å². The molecule has 0 saturated carbocycles. The number of hydrogen-bond acceptors (Lipinski definition) is 4. The van der Waals surface area contributed by atoms with Crippen molar-refractivity contribution < 1.29 is 9.72 Å². The maximum absolute atomic E-state index is 11.7. The third-order valence-electron chi connectivity index (χ3n) is 2.89. The predicted octanol–water partition coefficient (Wildman–Crippen LogP) is 1.51. The van der Waals surface area contributed by atoms with Crippen molar-refractivity contribution in [3.8, 4) is 0 Å². The highest BCUT2D eigenvalue weighted by atomic mass is 16.6. The molecule has 17 heavy (non-hydrogen) atoms. The minimum atomic E-state index is -0.442. The maximum Gasteiger partial charge on any atom is 0.274 e. The molecule has 0 fully saturated rings. The second-order valence-electron chi connectivity index (χ2n) is 3.91. The first kappa shape index (κ1) is 11.5. The van der Waals surface area contributed by atoms with Crippen molar-refractivity contribution in [2.45, 2.75) is 19.9 Å². The van der Waals surface area contributed by atoms with E-state index in [2.05, 4.69) is 10.6 Å². The molecule has 6 nitrogen and oxygen atoms in total. The second kappa shape index (κ2) is 4.14. The van der Waals surface area contributed by atoms with Gasteiger partial charge in [0.2, 0.25) is 5.91 Å². The SMILES string of the molecule is CCNC1C(=O)Nc2c1ccc([N+](=O)[O-])c2C. The molecule has 90 valence electrons. The number of anilines is 1. The number of benzene rings is 1. The summed E-state index contributed by atoms with van der Waals surface area (Å²) >= 11 is 0. The summed E-state index contributed by atoms with van der Waals surface area (Å²) in [5, 5.41) is 16.5. The van der Waals surface area contributed by atoms with E-state index in [0.29, 0.717) is 17.8 Å². The molecule has 0 aliphatic carbocycles. The molecule has 1 aliphatic rings. The average Bonchev–Trinajstić information content (AvgIpc) is 2.58. The lowest BCUT2D eigenvalue weighted by Crippen LogP contribution is -2.27. The standard InChI is InChI=1S/C11H13N3O3/c1-3-12-10-7-4-5-8(14(16)17)6(2)9(7)13-11(10)15/h4-5,10,12H,3H2,1-2H3,(H,13,15). The average molecular weight is 235 g/mol. The van der Waals surface area contributed by atoms with Crippen molar-refractivity contribution >= 4 is 17.3 Å². The fourth-order valence-corrected chi connectivity index (χ4v) is 2.07. The molecular formula is C11H13N3O3. The Bertz CT molecular complexity index is 499. The molecule has 0 spiro atoms. The van der Waals surface area contributed by atoms with Crippen LogP contribution in [0.4, 0.5) is 11.4 Å². The first-order valence-corrected chi connectivity index (χ1v) is 5.38. The summed E-state index contributed by atoms with van der Waals surface area (Å²) in [6.07, 6.45) is 0. The van der Waals surface area contributed by atoms with E-state index in [4.69, 9.17) is 0 Å². The van der Waals surface area contributed by atoms with Crippen molar-refractivity contribution in [3.05, 3.63) is 33.4 Å². The van der Waals surface area contributed by atoms with Crippen molar-refractivity contribution in [1.29, 1.82) is 0 Å². The smallest absolute Gasteiger partial charge is 0.274 e. The molecule has 0 bridgehead atoms. The van der Waals surface area contributed by atoms with Crippen LogP contribution in [0.5, 0.6) is 0 Å². The lowest BCUT2D eigenvalue weighted by atomic mass is 10.0. The fraction of sp³-hybridized carbons (Fsp3) is 0.364. The van der Waals surface area contributed by atoms with Crippen LogP contribution >= 0.6 is 0 Å². The topological polar surface area (TPSA) is 84.3 Å². The molecule has 0 saturated heterocycles. The molecule has 0 aromatic heterocycles. The van der Waals surface area contributed by atoms with Gasteiger partial charge in [-0.3, -0.25) is 14.9 Å². The van der Waals surface area contributed by atoms with Gasteiger partial charge >= 0.3 is 0 Å². The van der Waals surface area contributed by atoms with Gasteiger partial charge in [-0.1, -0.05) is 6.92 Å². The molecule has 1 heterocycles. The Morgan fingerprint density at radius 1 is 1.53 bits per heavy atom. The van der Waals surface area contributed by atoms with Gasteiger partial charge < -0.3 is 10.6 Å². The van der Waals surface area contributed by atoms with Crippen LogP contribution in [-0.4, -0.2) is 17.4 Å². The van der Waals surface area contributed by atoms with Gasteiger partial charge in [0.25, 0.3) is 5.69 Å². The summed E-state index contributed by atoms with van der Waals surface area (Å²) < 4.78 is 0. The van der Waals surface area contributed by atoms with Crippen molar-refractivity contribution in [2.75, 3.05) is 11.9 Å². The maximum atomic E-state index is 11.7. The molecule has 2 N–H and O–H groups in total. The highest BCUT2D eigenvalue weighted by molar-refractivity contribution is 6.04. The Kier molecular flexibility index (Phi) is 2.81. The van der Waals surface area contributed by atoms with Crippen molar-refractivity contribution in [3.63, 3.8) is 0 Å². The van der Waals surface area contributed by atoms with Gasteiger partial charge in [0.15, 0.2) is 0 Å². The molecule has 1 aromatic carbocycles.